The maximum Gasteiger partial charge on any atom is 0.430 e. The molecule has 0 spiro atoms. The van der Waals surface area contributed by atoms with E-state index in [4.69, 9.17) is 15.3 Å². The van der Waals surface area contributed by atoms with Crippen LogP contribution in [0.4, 0.5) is 13.2 Å². The van der Waals surface area contributed by atoms with Gasteiger partial charge in [-0.2, -0.15) is 13.2 Å². The summed E-state index contributed by atoms with van der Waals surface area (Å²) in [5.41, 5.74) is 3.36. The smallest absolute Gasteiger partial charge is 0.430 e. The van der Waals surface area contributed by atoms with E-state index in [9.17, 15) is 13.2 Å². The van der Waals surface area contributed by atoms with Gasteiger partial charge in [-0.05, 0) is 17.1 Å². The number of carboxylic acids is 1. The second-order valence-electron chi connectivity index (χ2n) is 2.76. The van der Waals surface area contributed by atoms with Crippen LogP contribution in [0.2, 0.25) is 0 Å². The Morgan fingerprint density at radius 2 is 1.83 bits per heavy atom. The second-order valence-corrected chi connectivity index (χ2v) is 2.76. The van der Waals surface area contributed by atoms with E-state index in [2.05, 4.69) is 10.5 Å². The van der Waals surface area contributed by atoms with Crippen molar-refractivity contribution in [2.75, 3.05) is 0 Å². The normalized spacial score (nSPS) is 10.1. The summed E-state index contributed by atoms with van der Waals surface area (Å²) in [4.78, 5) is 8.78. The van der Waals surface area contributed by atoms with Gasteiger partial charge in [-0.25, -0.2) is 0 Å². The predicted octanol–water partition coefficient (Wildman–Crippen LogP) is 1.31. The molecule has 0 aliphatic heterocycles. The van der Waals surface area contributed by atoms with Crippen LogP contribution < -0.4 is 10.5 Å². The lowest BCUT2D eigenvalue weighted by Gasteiger charge is -2.03. The monoisotopic (exact) mass is 259 g/mol. The molecule has 96 valence electrons. The fraction of sp³-hybridized carbons (Fsp3) is 0.100. The third kappa shape index (κ3) is 7.70. The van der Waals surface area contributed by atoms with Crippen molar-refractivity contribution in [1.29, 1.82) is 5.39 Å². The molecule has 8 heteroatoms. The average molecular weight is 259 g/mol. The molecule has 0 aromatic heterocycles. The summed E-state index contributed by atoms with van der Waals surface area (Å²) in [6, 6.07) is 9.73. The highest BCUT2D eigenvalue weighted by Crippen LogP contribution is 2.11. The number of carbonyl (C=O) groups is 1. The molecular formula is C10H8F3N3O2. The zero-order valence-electron chi connectivity index (χ0n) is 8.89. The molecule has 0 aliphatic rings. The van der Waals surface area contributed by atoms with Crippen LogP contribution in [0.25, 0.3) is 11.2 Å². The van der Waals surface area contributed by atoms with Crippen molar-refractivity contribution in [3.05, 3.63) is 47.2 Å². The van der Waals surface area contributed by atoms with Crippen LogP contribution in [0.3, 0.4) is 0 Å². The minimum absolute atomic E-state index is 1.06. The van der Waals surface area contributed by atoms with E-state index >= 15 is 0 Å². The van der Waals surface area contributed by atoms with Gasteiger partial charge < -0.3 is 9.90 Å². The van der Waals surface area contributed by atoms with Gasteiger partial charge in [0.15, 0.2) is 0 Å². The Hall–Kier alpha value is -2.56. The molecule has 1 aromatic carbocycles. The number of halogens is 3. The Kier molecular flexibility index (Phi) is 6.58. The zero-order chi connectivity index (χ0) is 14.0. The minimum Gasteiger partial charge on any atom is -0.542 e. The van der Waals surface area contributed by atoms with Crippen molar-refractivity contribution < 1.29 is 23.1 Å². The number of carbonyl (C=O) groups excluding carboxylic acids is 1. The SMILES string of the molecule is N#[N+]N/C=C/c1ccccc1.O=C([O-])C(F)(F)F. The van der Waals surface area contributed by atoms with Gasteiger partial charge in [-0.1, -0.05) is 30.3 Å². The standard InChI is InChI=1S/C8H8N3.C2HF3O2/c9-11-10-7-6-8-4-2-1-3-5-8;3-2(4,5)1(6)7/h1-7,10H;(H,6,7)/q+1;/p-1/b7-6+;. The Morgan fingerprint density at radius 1 is 1.33 bits per heavy atom. The van der Waals surface area contributed by atoms with E-state index in [-0.39, 0.29) is 0 Å². The van der Waals surface area contributed by atoms with E-state index < -0.39 is 12.1 Å². The molecule has 18 heavy (non-hydrogen) atoms. The highest BCUT2D eigenvalue weighted by Gasteiger charge is 2.28. The summed E-state index contributed by atoms with van der Waals surface area (Å²) < 4.78 is 31.5. The predicted molar refractivity (Wildman–Crippen MR) is 54.8 cm³/mol. The van der Waals surface area contributed by atoms with Crippen molar-refractivity contribution in [2.24, 2.45) is 0 Å². The van der Waals surface area contributed by atoms with E-state index in [1.807, 2.05) is 30.3 Å². The number of diazo groups is 1. The van der Waals surface area contributed by atoms with Gasteiger partial charge in [-0.3, -0.25) is 0 Å². The summed E-state index contributed by atoms with van der Waals surface area (Å²) in [6.45, 7) is 0. The molecule has 0 radical (unpaired) electrons. The first kappa shape index (κ1) is 15.4. The molecule has 0 heterocycles. The molecular weight excluding hydrogens is 251 g/mol. The van der Waals surface area contributed by atoms with Gasteiger partial charge in [0.05, 0.1) is 6.20 Å². The number of aliphatic carboxylic acids is 1. The van der Waals surface area contributed by atoms with Crippen LogP contribution in [0.1, 0.15) is 5.56 Å². The Labute approximate surface area is 100 Å². The van der Waals surface area contributed by atoms with Crippen LogP contribution in [0.15, 0.2) is 36.5 Å². The van der Waals surface area contributed by atoms with Gasteiger partial charge in [0.1, 0.15) is 5.97 Å². The van der Waals surface area contributed by atoms with Crippen molar-refractivity contribution in [3.63, 3.8) is 0 Å². The molecule has 0 amide bonds. The molecule has 1 N–H and O–H groups in total. The molecule has 1 rings (SSSR count). The van der Waals surface area contributed by atoms with Crippen LogP contribution >= 0.6 is 0 Å². The highest BCUT2D eigenvalue weighted by molar-refractivity contribution is 5.70. The topological polar surface area (TPSA) is 80.3 Å². The Bertz CT molecular complexity index is 438. The third-order valence-electron chi connectivity index (χ3n) is 1.44. The van der Waals surface area contributed by atoms with Crippen molar-refractivity contribution in [2.45, 2.75) is 6.18 Å². The lowest BCUT2D eigenvalue weighted by molar-refractivity contribution is -0.344. The fourth-order valence-corrected chi connectivity index (χ4v) is 0.731. The highest BCUT2D eigenvalue weighted by atomic mass is 19.4. The maximum absolute atomic E-state index is 10.5. The number of nitrogens with zero attached hydrogens (tertiary/aromatic N) is 2. The fourth-order valence-electron chi connectivity index (χ4n) is 0.731. The molecule has 0 fully saturated rings. The Morgan fingerprint density at radius 3 is 2.22 bits per heavy atom. The number of hydrogen-bond donors (Lipinski definition) is 1. The van der Waals surface area contributed by atoms with E-state index in [0.29, 0.717) is 0 Å². The summed E-state index contributed by atoms with van der Waals surface area (Å²) in [5, 5.41) is 19.5. The number of carboxylic acid groups (broad SMARTS) is 1. The maximum atomic E-state index is 10.5. The summed E-state index contributed by atoms with van der Waals surface area (Å²) in [6.07, 6.45) is -1.84. The van der Waals surface area contributed by atoms with Gasteiger partial charge >= 0.3 is 11.3 Å². The summed E-state index contributed by atoms with van der Waals surface area (Å²) in [5.74, 6) is -3.01. The number of alkyl halides is 3. The van der Waals surface area contributed by atoms with Crippen molar-refractivity contribution in [1.82, 2.24) is 5.43 Å². The van der Waals surface area contributed by atoms with E-state index in [1.54, 1.807) is 12.3 Å². The summed E-state index contributed by atoms with van der Waals surface area (Å²) >= 11 is 0. The first-order valence-electron chi connectivity index (χ1n) is 4.47. The first-order chi connectivity index (χ1) is 8.38. The number of hydrogen-bond acceptors (Lipinski definition) is 4. The van der Waals surface area contributed by atoms with E-state index in [1.165, 1.54) is 0 Å². The van der Waals surface area contributed by atoms with Crippen molar-refractivity contribution >= 4 is 12.0 Å². The second kappa shape index (κ2) is 7.67. The van der Waals surface area contributed by atoms with Crippen LogP contribution in [0, 0.1) is 5.39 Å². The van der Waals surface area contributed by atoms with E-state index in [0.717, 1.165) is 5.56 Å². The minimum atomic E-state index is -5.19. The molecule has 0 saturated carbocycles. The Balaban J connectivity index is 0.000000360. The number of rotatable bonds is 2. The zero-order valence-corrected chi connectivity index (χ0v) is 8.89. The lowest BCUT2D eigenvalue weighted by Crippen LogP contribution is -2.37. The number of benzene rings is 1. The van der Waals surface area contributed by atoms with Crippen LogP contribution in [0.5, 0.6) is 0 Å². The molecule has 0 atom stereocenters. The molecule has 1 aromatic rings. The molecule has 0 aliphatic carbocycles. The van der Waals surface area contributed by atoms with Gasteiger partial charge in [0.25, 0.3) is 5.39 Å². The quantitative estimate of drug-likeness (QED) is 0.641. The van der Waals surface area contributed by atoms with Crippen LogP contribution in [-0.4, -0.2) is 12.1 Å². The average Bonchev–Trinajstić information content (AvgIpc) is 2.30. The molecule has 0 bridgehead atoms. The van der Waals surface area contributed by atoms with Gasteiger partial charge in [-0.15, -0.1) is 0 Å². The molecule has 0 saturated heterocycles. The first-order valence-corrected chi connectivity index (χ1v) is 4.47. The van der Waals surface area contributed by atoms with Gasteiger partial charge in [0, 0.05) is 0 Å². The third-order valence-corrected chi connectivity index (χ3v) is 1.44. The molecule has 0 unspecified atom stereocenters. The largest absolute Gasteiger partial charge is 0.542 e. The van der Waals surface area contributed by atoms with Gasteiger partial charge in [0.2, 0.25) is 0 Å². The number of nitrogens with one attached hydrogen (secondary N) is 1. The van der Waals surface area contributed by atoms with Crippen molar-refractivity contribution in [3.8, 4) is 0 Å². The lowest BCUT2D eigenvalue weighted by atomic mass is 10.2. The van der Waals surface area contributed by atoms with Crippen LogP contribution in [-0.2, 0) is 4.79 Å². The molecule has 5 nitrogen and oxygen atoms in total. The summed E-state index contributed by atoms with van der Waals surface area (Å²) in [7, 11) is 0.